The summed E-state index contributed by atoms with van der Waals surface area (Å²) in [6, 6.07) is -4.44. The lowest BCUT2D eigenvalue weighted by atomic mass is 10.8. The summed E-state index contributed by atoms with van der Waals surface area (Å²) in [5.74, 6) is 0. The maximum atomic E-state index is 12.6. The summed E-state index contributed by atoms with van der Waals surface area (Å²) in [6.07, 6.45) is 0. The summed E-state index contributed by atoms with van der Waals surface area (Å²) >= 11 is 0. The van der Waals surface area contributed by atoms with Crippen molar-refractivity contribution in [3.8, 4) is 0 Å². The van der Waals surface area contributed by atoms with Crippen molar-refractivity contribution in [3.05, 3.63) is 25.4 Å². The first-order chi connectivity index (χ1) is 5.37. The van der Waals surface area contributed by atoms with E-state index in [1.165, 1.54) is 0 Å². The van der Waals surface area contributed by atoms with Gasteiger partial charge in [-0.15, -0.1) is 0 Å². The number of alkyl halides is 1. The number of nitrogens with zero attached hydrogens (tertiary/aromatic N) is 4. The van der Waals surface area contributed by atoms with Crippen LogP contribution in [0.15, 0.2) is 5.11 Å². The molecule has 0 bridgehead atoms. The minimum Gasteiger partial charge on any atom is -0.586 e. The lowest BCUT2D eigenvalue weighted by Crippen LogP contribution is -2.49. The Morgan fingerprint density at radius 2 is 1.58 bits per heavy atom. The van der Waals surface area contributed by atoms with E-state index in [2.05, 4.69) is 5.11 Å². The number of hydrogen-bond donors (Lipinski definition) is 0. The molecule has 0 aliphatic carbocycles. The average Bonchev–Trinajstić information content (AvgIpc) is 2.00. The molecule has 0 atom stereocenters. The van der Waals surface area contributed by atoms with Crippen LogP contribution in [0, 0.1) is 25.4 Å². The Balaban J connectivity index is 5.16. The van der Waals surface area contributed by atoms with Gasteiger partial charge in [-0.3, -0.25) is 0 Å². The molecular formula is C2H3FN4O5. The van der Waals surface area contributed by atoms with Gasteiger partial charge in [0.25, 0.3) is 0 Å². The van der Waals surface area contributed by atoms with Crippen LogP contribution in [0.2, 0.25) is 0 Å². The SMILES string of the molecule is CN=[N+]([O-])C(F)([N+](=O)[O-])[N+](=O)[O-]. The lowest BCUT2D eigenvalue weighted by molar-refractivity contribution is -1.01. The fourth-order valence-electron chi connectivity index (χ4n) is 0.334. The zero-order valence-corrected chi connectivity index (χ0v) is 5.71. The Morgan fingerprint density at radius 3 is 1.67 bits per heavy atom. The molecule has 0 N–H and O–H groups in total. The van der Waals surface area contributed by atoms with Crippen molar-refractivity contribution < 1.29 is 19.1 Å². The van der Waals surface area contributed by atoms with Gasteiger partial charge in [0.2, 0.25) is 9.85 Å². The summed E-state index contributed by atoms with van der Waals surface area (Å²) in [7, 11) is 0.689. The van der Waals surface area contributed by atoms with Crippen molar-refractivity contribution in [1.82, 2.24) is 0 Å². The second kappa shape index (κ2) is 3.02. The first-order valence-electron chi connectivity index (χ1n) is 2.42. The Morgan fingerprint density at radius 1 is 1.25 bits per heavy atom. The molecule has 0 aromatic heterocycles. The van der Waals surface area contributed by atoms with Gasteiger partial charge in [0.1, 0.15) is 0 Å². The van der Waals surface area contributed by atoms with Crippen molar-refractivity contribution in [3.63, 3.8) is 0 Å². The molecule has 0 fully saturated rings. The van der Waals surface area contributed by atoms with Gasteiger partial charge in [0.05, 0.1) is 11.9 Å². The van der Waals surface area contributed by atoms with Crippen LogP contribution in [0.3, 0.4) is 0 Å². The fraction of sp³-hybridized carbons (Fsp3) is 1.00. The molecular weight excluding hydrogens is 179 g/mol. The highest BCUT2D eigenvalue weighted by Crippen LogP contribution is 2.13. The van der Waals surface area contributed by atoms with E-state index in [4.69, 9.17) is 0 Å². The maximum Gasteiger partial charge on any atom is 0.865 e. The molecule has 0 aromatic carbocycles. The number of hydrogen-bond acceptors (Lipinski definition) is 6. The Labute approximate surface area is 64.0 Å². The van der Waals surface area contributed by atoms with E-state index < -0.39 is 20.7 Å². The highest BCUT2D eigenvalue weighted by molar-refractivity contribution is 4.29. The van der Waals surface area contributed by atoms with E-state index in [1.807, 2.05) is 0 Å². The van der Waals surface area contributed by atoms with Crippen LogP contribution in [-0.2, 0) is 0 Å². The van der Waals surface area contributed by atoms with E-state index in [0.717, 1.165) is 0 Å². The predicted octanol–water partition coefficient (Wildman–Crippen LogP) is -0.287. The molecule has 0 spiro atoms. The molecule has 9 nitrogen and oxygen atoms in total. The van der Waals surface area contributed by atoms with Crippen LogP contribution < -0.4 is 0 Å². The van der Waals surface area contributed by atoms with E-state index >= 15 is 0 Å². The van der Waals surface area contributed by atoms with Crippen LogP contribution in [-0.4, -0.2) is 27.8 Å². The Hall–Kier alpha value is -1.87. The largest absolute Gasteiger partial charge is 0.865 e. The molecule has 0 saturated heterocycles. The normalized spacial score (nSPS) is 12.7. The van der Waals surface area contributed by atoms with Crippen molar-refractivity contribution in [2.24, 2.45) is 5.11 Å². The van der Waals surface area contributed by atoms with Gasteiger partial charge in [-0.2, -0.15) is 0 Å². The molecule has 0 aromatic rings. The average molecular weight is 182 g/mol. The highest BCUT2D eigenvalue weighted by atomic mass is 19.2. The van der Waals surface area contributed by atoms with E-state index in [0.29, 0.717) is 7.05 Å². The third-order valence-corrected chi connectivity index (χ3v) is 0.890. The number of nitro groups is 2. The van der Waals surface area contributed by atoms with E-state index in [1.54, 1.807) is 0 Å². The molecule has 0 heterocycles. The van der Waals surface area contributed by atoms with Crippen molar-refractivity contribution >= 4 is 0 Å². The molecule has 0 aliphatic rings. The van der Waals surface area contributed by atoms with Crippen molar-refractivity contribution in [2.45, 2.75) is 6.04 Å². The summed E-state index contributed by atoms with van der Waals surface area (Å²) in [5, 5.41) is 32.1. The zero-order valence-electron chi connectivity index (χ0n) is 5.71. The Bertz CT molecular complexity index is 236. The third kappa shape index (κ3) is 1.26. The monoisotopic (exact) mass is 182 g/mol. The van der Waals surface area contributed by atoms with Gasteiger partial charge < -0.3 is 5.21 Å². The van der Waals surface area contributed by atoms with Gasteiger partial charge >= 0.3 is 6.04 Å². The molecule has 0 saturated carbocycles. The van der Waals surface area contributed by atoms with Crippen LogP contribution in [0.25, 0.3) is 0 Å². The minimum absolute atomic E-state index is 0.689. The van der Waals surface area contributed by atoms with Crippen molar-refractivity contribution in [2.75, 3.05) is 7.05 Å². The topological polar surface area (TPSA) is 125 Å². The fourth-order valence-corrected chi connectivity index (χ4v) is 0.334. The second-order valence-corrected chi connectivity index (χ2v) is 1.54. The van der Waals surface area contributed by atoms with Gasteiger partial charge in [-0.25, -0.2) is 20.2 Å². The first-order valence-corrected chi connectivity index (χ1v) is 2.42. The number of halogens is 1. The van der Waals surface area contributed by atoms with E-state index in [9.17, 15) is 29.8 Å². The highest BCUT2D eigenvalue weighted by Gasteiger charge is 2.71. The zero-order chi connectivity index (χ0) is 9.94. The van der Waals surface area contributed by atoms with Gasteiger partial charge in [-0.1, -0.05) is 0 Å². The molecule has 68 valence electrons. The molecule has 0 amide bonds. The number of rotatable bonds is 3. The molecule has 10 heteroatoms. The second-order valence-electron chi connectivity index (χ2n) is 1.54. The first kappa shape index (κ1) is 10.1. The van der Waals surface area contributed by atoms with Crippen LogP contribution in [0.5, 0.6) is 0 Å². The van der Waals surface area contributed by atoms with Gasteiger partial charge in [-0.05, 0) is 9.50 Å². The molecule has 0 radical (unpaired) electrons. The van der Waals surface area contributed by atoms with E-state index in [-0.39, 0.29) is 0 Å². The number of azo groups is 1. The molecule has 12 heavy (non-hydrogen) atoms. The van der Waals surface area contributed by atoms with Crippen LogP contribution in [0.1, 0.15) is 0 Å². The van der Waals surface area contributed by atoms with Gasteiger partial charge in [0, 0.05) is 0 Å². The summed E-state index contributed by atoms with van der Waals surface area (Å²) in [6.45, 7) is 0. The van der Waals surface area contributed by atoms with Crippen LogP contribution in [0.4, 0.5) is 4.39 Å². The van der Waals surface area contributed by atoms with Crippen LogP contribution >= 0.6 is 0 Å². The quantitative estimate of drug-likeness (QED) is 0.148. The molecule has 0 rings (SSSR count). The molecule has 0 aliphatic heterocycles. The predicted molar refractivity (Wildman–Crippen MR) is 29.8 cm³/mol. The minimum atomic E-state index is -4.44. The van der Waals surface area contributed by atoms with Gasteiger partial charge in [0.15, 0.2) is 0 Å². The Kier molecular flexibility index (Phi) is 2.55. The third-order valence-electron chi connectivity index (χ3n) is 0.890. The smallest absolute Gasteiger partial charge is 0.586 e. The summed E-state index contributed by atoms with van der Waals surface area (Å²) in [5.41, 5.74) is 0. The van der Waals surface area contributed by atoms with Crippen molar-refractivity contribution in [1.29, 1.82) is 0 Å². The summed E-state index contributed by atoms with van der Waals surface area (Å²) < 4.78 is 12.6. The molecule has 0 unspecified atom stereocenters. The number of hydroxylamine groups is 1. The lowest BCUT2D eigenvalue weighted by Gasteiger charge is -2.01. The maximum absolute atomic E-state index is 12.6. The standard InChI is InChI=1S/C2H3FN4O5/c1-4-5(8)2(3,6(9)10)7(11)12/h1H3. The summed E-state index contributed by atoms with van der Waals surface area (Å²) in [4.78, 5) is 14.3.